The molecule has 0 saturated carbocycles. The van der Waals surface area contributed by atoms with Crippen LogP contribution >= 0.6 is 27.5 Å². The molecule has 6 heteroatoms. The van der Waals surface area contributed by atoms with Crippen LogP contribution in [0, 0.1) is 0 Å². The van der Waals surface area contributed by atoms with Gasteiger partial charge in [0.25, 0.3) is 5.91 Å². The standard InChI is InChI=1S/C17H16BrClN2O2/c18-12-5-6-14(19)13(11-12)17(23)21-9-7-20(8-10-21)15-3-1-2-4-16(15)22/h1-6,11,22H,7-10H2. The number of carbonyl (C=O) groups excluding carboxylic acids is 1. The molecule has 0 aromatic heterocycles. The van der Waals surface area contributed by atoms with E-state index in [1.165, 1.54) is 0 Å². The van der Waals surface area contributed by atoms with Gasteiger partial charge in [-0.05, 0) is 30.3 Å². The molecule has 1 saturated heterocycles. The molecule has 0 atom stereocenters. The Hall–Kier alpha value is -1.72. The van der Waals surface area contributed by atoms with Crippen molar-refractivity contribution in [2.24, 2.45) is 0 Å². The van der Waals surface area contributed by atoms with Gasteiger partial charge in [-0.3, -0.25) is 4.79 Å². The normalized spacial score (nSPS) is 14.9. The maximum absolute atomic E-state index is 12.6. The molecule has 1 amide bonds. The summed E-state index contributed by atoms with van der Waals surface area (Å²) in [5.74, 6) is 0.204. The number of halogens is 2. The van der Waals surface area contributed by atoms with Gasteiger partial charge in [0.15, 0.2) is 0 Å². The van der Waals surface area contributed by atoms with E-state index in [1.807, 2.05) is 18.2 Å². The topological polar surface area (TPSA) is 43.8 Å². The van der Waals surface area contributed by atoms with Gasteiger partial charge >= 0.3 is 0 Å². The zero-order valence-electron chi connectivity index (χ0n) is 12.4. The van der Waals surface area contributed by atoms with E-state index in [2.05, 4.69) is 20.8 Å². The number of phenolic OH excluding ortho intramolecular Hbond substituents is 1. The molecule has 1 heterocycles. The van der Waals surface area contributed by atoms with Crippen LogP contribution in [-0.4, -0.2) is 42.1 Å². The lowest BCUT2D eigenvalue weighted by molar-refractivity contribution is 0.0747. The minimum Gasteiger partial charge on any atom is -0.506 e. The number of rotatable bonds is 2. The lowest BCUT2D eigenvalue weighted by atomic mass is 10.1. The Kier molecular flexibility index (Phi) is 4.78. The van der Waals surface area contributed by atoms with E-state index in [-0.39, 0.29) is 11.7 Å². The molecule has 3 rings (SSSR count). The zero-order chi connectivity index (χ0) is 16.4. The van der Waals surface area contributed by atoms with Crippen molar-refractivity contribution in [1.82, 2.24) is 4.90 Å². The minimum absolute atomic E-state index is 0.0618. The van der Waals surface area contributed by atoms with Crippen molar-refractivity contribution in [3.8, 4) is 5.75 Å². The van der Waals surface area contributed by atoms with Crippen molar-refractivity contribution < 1.29 is 9.90 Å². The quantitative estimate of drug-likeness (QED) is 0.842. The second kappa shape index (κ2) is 6.81. The van der Waals surface area contributed by atoms with Crippen molar-refractivity contribution in [3.63, 3.8) is 0 Å². The zero-order valence-corrected chi connectivity index (χ0v) is 14.7. The molecule has 0 unspecified atom stereocenters. The summed E-state index contributed by atoms with van der Waals surface area (Å²) in [7, 11) is 0. The number of phenols is 1. The molecule has 0 bridgehead atoms. The van der Waals surface area contributed by atoms with Gasteiger partial charge in [0, 0.05) is 30.7 Å². The van der Waals surface area contributed by atoms with Crippen LogP contribution in [0.3, 0.4) is 0 Å². The highest BCUT2D eigenvalue weighted by Gasteiger charge is 2.24. The van der Waals surface area contributed by atoms with Crippen LogP contribution < -0.4 is 4.90 Å². The Morgan fingerprint density at radius 2 is 1.78 bits per heavy atom. The lowest BCUT2D eigenvalue weighted by Gasteiger charge is -2.36. The summed E-state index contributed by atoms with van der Waals surface area (Å²) >= 11 is 9.52. The van der Waals surface area contributed by atoms with E-state index in [1.54, 1.807) is 29.2 Å². The molecular formula is C17H16BrClN2O2. The third kappa shape index (κ3) is 3.46. The fourth-order valence-electron chi connectivity index (χ4n) is 2.71. The number of hydrogen-bond donors (Lipinski definition) is 1. The van der Waals surface area contributed by atoms with Crippen LogP contribution in [0.1, 0.15) is 10.4 Å². The highest BCUT2D eigenvalue weighted by atomic mass is 79.9. The van der Waals surface area contributed by atoms with E-state index in [9.17, 15) is 9.90 Å². The first-order valence-electron chi connectivity index (χ1n) is 7.33. The number of nitrogens with zero attached hydrogens (tertiary/aromatic N) is 2. The van der Waals surface area contributed by atoms with Crippen LogP contribution in [0.25, 0.3) is 0 Å². The van der Waals surface area contributed by atoms with Crippen molar-refractivity contribution in [1.29, 1.82) is 0 Å². The summed E-state index contributed by atoms with van der Waals surface area (Å²) in [6.45, 7) is 2.54. The Morgan fingerprint density at radius 3 is 2.48 bits per heavy atom. The van der Waals surface area contributed by atoms with Crippen molar-refractivity contribution in [2.75, 3.05) is 31.1 Å². The summed E-state index contributed by atoms with van der Waals surface area (Å²) in [5.41, 5.74) is 1.32. The van der Waals surface area contributed by atoms with E-state index in [4.69, 9.17) is 11.6 Å². The predicted octanol–water partition coefficient (Wildman–Crippen LogP) is 3.77. The Labute approximate surface area is 148 Å². The molecule has 2 aromatic rings. The first kappa shape index (κ1) is 16.1. The molecule has 1 aliphatic heterocycles. The average Bonchev–Trinajstić information content (AvgIpc) is 2.57. The van der Waals surface area contributed by atoms with Crippen molar-refractivity contribution >= 4 is 39.1 Å². The molecular weight excluding hydrogens is 380 g/mol. The largest absolute Gasteiger partial charge is 0.506 e. The molecule has 1 fully saturated rings. The highest BCUT2D eigenvalue weighted by Crippen LogP contribution is 2.28. The second-order valence-electron chi connectivity index (χ2n) is 5.39. The van der Waals surface area contributed by atoms with Gasteiger partial charge in [0.05, 0.1) is 16.3 Å². The van der Waals surface area contributed by atoms with E-state index < -0.39 is 0 Å². The summed E-state index contributed by atoms with van der Waals surface area (Å²) in [5, 5.41) is 10.4. The van der Waals surface area contributed by atoms with E-state index in [0.717, 1.165) is 10.2 Å². The number of carbonyl (C=O) groups is 1. The van der Waals surface area contributed by atoms with Gasteiger partial charge in [-0.1, -0.05) is 39.7 Å². The summed E-state index contributed by atoms with van der Waals surface area (Å²) in [4.78, 5) is 16.5. The third-order valence-corrected chi connectivity index (χ3v) is 4.77. The molecule has 4 nitrogen and oxygen atoms in total. The smallest absolute Gasteiger partial charge is 0.255 e. The summed E-state index contributed by atoms with van der Waals surface area (Å²) < 4.78 is 0.832. The predicted molar refractivity (Wildman–Crippen MR) is 95.4 cm³/mol. The van der Waals surface area contributed by atoms with Crippen LogP contribution in [0.2, 0.25) is 5.02 Å². The maximum Gasteiger partial charge on any atom is 0.255 e. The Balaban J connectivity index is 1.70. The van der Waals surface area contributed by atoms with Gasteiger partial charge in [0.1, 0.15) is 5.75 Å². The molecule has 0 radical (unpaired) electrons. The van der Waals surface area contributed by atoms with Crippen LogP contribution in [0.4, 0.5) is 5.69 Å². The lowest BCUT2D eigenvalue weighted by Crippen LogP contribution is -2.48. The minimum atomic E-state index is -0.0618. The van der Waals surface area contributed by atoms with Crippen molar-refractivity contribution in [2.45, 2.75) is 0 Å². The fourth-order valence-corrected chi connectivity index (χ4v) is 3.27. The number of para-hydroxylation sites is 2. The fraction of sp³-hybridized carbons (Fsp3) is 0.235. The van der Waals surface area contributed by atoms with Gasteiger partial charge in [-0.15, -0.1) is 0 Å². The highest BCUT2D eigenvalue weighted by molar-refractivity contribution is 9.10. The van der Waals surface area contributed by atoms with Crippen LogP contribution in [0.5, 0.6) is 5.75 Å². The SMILES string of the molecule is O=C(c1cc(Br)ccc1Cl)N1CCN(c2ccccc2O)CC1. The number of piperazine rings is 1. The molecule has 0 spiro atoms. The van der Waals surface area contributed by atoms with E-state index >= 15 is 0 Å². The Bertz CT molecular complexity index is 730. The molecule has 23 heavy (non-hydrogen) atoms. The Morgan fingerprint density at radius 1 is 1.09 bits per heavy atom. The number of amides is 1. The van der Waals surface area contributed by atoms with Gasteiger partial charge in [-0.2, -0.15) is 0 Å². The number of aromatic hydroxyl groups is 1. The second-order valence-corrected chi connectivity index (χ2v) is 6.72. The van der Waals surface area contributed by atoms with Gasteiger partial charge in [0.2, 0.25) is 0 Å². The summed E-state index contributed by atoms with van der Waals surface area (Å²) in [6.07, 6.45) is 0. The summed E-state index contributed by atoms with van der Waals surface area (Å²) in [6, 6.07) is 12.5. The molecule has 2 aromatic carbocycles. The first-order chi connectivity index (χ1) is 11.1. The third-order valence-electron chi connectivity index (χ3n) is 3.95. The molecule has 1 N–H and O–H groups in total. The maximum atomic E-state index is 12.6. The number of hydrogen-bond acceptors (Lipinski definition) is 3. The van der Waals surface area contributed by atoms with Gasteiger partial charge < -0.3 is 14.9 Å². The molecule has 0 aliphatic carbocycles. The first-order valence-corrected chi connectivity index (χ1v) is 8.50. The average molecular weight is 396 g/mol. The number of anilines is 1. The van der Waals surface area contributed by atoms with Crippen molar-refractivity contribution in [3.05, 3.63) is 57.5 Å². The van der Waals surface area contributed by atoms with E-state index in [0.29, 0.717) is 36.8 Å². The van der Waals surface area contributed by atoms with Crippen LogP contribution in [-0.2, 0) is 0 Å². The number of benzene rings is 2. The monoisotopic (exact) mass is 394 g/mol. The van der Waals surface area contributed by atoms with Crippen LogP contribution in [0.15, 0.2) is 46.9 Å². The molecule has 120 valence electrons. The molecule has 1 aliphatic rings. The van der Waals surface area contributed by atoms with Gasteiger partial charge in [-0.25, -0.2) is 0 Å².